The van der Waals surface area contributed by atoms with E-state index in [2.05, 4.69) is 223 Å². The highest BCUT2D eigenvalue weighted by molar-refractivity contribution is 9.10. The predicted molar refractivity (Wildman–Crippen MR) is 228 cm³/mol. The summed E-state index contributed by atoms with van der Waals surface area (Å²) in [6.45, 7) is 0. The summed E-state index contributed by atoms with van der Waals surface area (Å²) in [7, 11) is 0. The van der Waals surface area contributed by atoms with Gasteiger partial charge in [0.1, 0.15) is 0 Å². The van der Waals surface area contributed by atoms with Crippen molar-refractivity contribution in [1.29, 1.82) is 0 Å². The minimum absolute atomic E-state index is 0.628. The molecule has 11 rings (SSSR count). The van der Waals surface area contributed by atoms with E-state index in [1.54, 1.807) is 0 Å². The maximum absolute atomic E-state index is 3.91. The van der Waals surface area contributed by atoms with Crippen LogP contribution in [0.3, 0.4) is 0 Å². The predicted octanol–water partition coefficient (Wildman–Crippen LogP) is 13.8. The number of para-hydroxylation sites is 4. The molecule has 0 bridgehead atoms. The summed E-state index contributed by atoms with van der Waals surface area (Å²) < 4.78 is 6.98. The molecule has 0 saturated carbocycles. The van der Waals surface area contributed by atoms with Crippen LogP contribution in [0.4, 0.5) is 0 Å². The van der Waals surface area contributed by atoms with E-state index in [4.69, 9.17) is 0 Å². The van der Waals surface area contributed by atoms with E-state index in [-0.39, 0.29) is 0 Å². The van der Waals surface area contributed by atoms with Gasteiger partial charge in [0.2, 0.25) is 0 Å². The number of hydrogen-bond donors (Lipinski definition) is 0. The molecule has 0 atom stereocenters. The van der Waals surface area contributed by atoms with Gasteiger partial charge in [-0.1, -0.05) is 141 Å². The Labute approximate surface area is 323 Å². The second-order valence-corrected chi connectivity index (χ2v) is 15.8. The third-order valence-corrected chi connectivity index (χ3v) is 12.3. The lowest BCUT2D eigenvalue weighted by Gasteiger charge is -2.34. The van der Waals surface area contributed by atoms with Gasteiger partial charge in [0.05, 0.1) is 27.5 Å². The van der Waals surface area contributed by atoms with Crippen molar-refractivity contribution in [3.63, 3.8) is 0 Å². The Balaban J connectivity index is 1.31. The molecule has 0 spiro atoms. The second kappa shape index (κ2) is 11.7. The van der Waals surface area contributed by atoms with Crippen LogP contribution in [-0.2, 0) is 5.41 Å². The first-order valence-electron chi connectivity index (χ1n) is 17.9. The number of hydrogen-bond acceptors (Lipinski definition) is 0. The quantitative estimate of drug-likeness (QED) is 0.168. The highest BCUT2D eigenvalue weighted by atomic mass is 79.9. The zero-order valence-electron chi connectivity index (χ0n) is 28.5. The van der Waals surface area contributed by atoms with Gasteiger partial charge < -0.3 is 9.13 Å². The fourth-order valence-electron chi connectivity index (χ4n) is 9.18. The lowest BCUT2D eigenvalue weighted by Crippen LogP contribution is -2.28. The van der Waals surface area contributed by atoms with E-state index < -0.39 is 5.41 Å². The first-order chi connectivity index (χ1) is 26.1. The van der Waals surface area contributed by atoms with Crippen LogP contribution in [0, 0.1) is 0 Å². The lowest BCUT2D eigenvalue weighted by atomic mass is 9.67. The molecular weight excluding hydrogens is 776 g/mol. The molecular formula is C49H30Br2N2. The van der Waals surface area contributed by atoms with Gasteiger partial charge in [-0.25, -0.2) is 0 Å². The summed E-state index contributed by atoms with van der Waals surface area (Å²) in [4.78, 5) is 0. The Morgan fingerprint density at radius 1 is 0.340 bits per heavy atom. The van der Waals surface area contributed by atoms with Crippen molar-refractivity contribution in [1.82, 2.24) is 9.13 Å². The Kier molecular flexibility index (Phi) is 6.80. The van der Waals surface area contributed by atoms with Crippen molar-refractivity contribution >= 4 is 75.5 Å². The summed E-state index contributed by atoms with van der Waals surface area (Å²) in [5, 5.41) is 4.98. The number of rotatable bonds is 4. The molecule has 8 aromatic carbocycles. The lowest BCUT2D eigenvalue weighted by molar-refractivity contribution is 0.769. The van der Waals surface area contributed by atoms with Crippen molar-refractivity contribution in [2.45, 2.75) is 5.41 Å². The summed E-state index contributed by atoms with van der Waals surface area (Å²) in [5.41, 5.74) is 13.9. The summed E-state index contributed by atoms with van der Waals surface area (Å²) in [6, 6.07) is 67.0. The molecule has 1 aliphatic rings. The molecule has 0 radical (unpaired) electrons. The highest BCUT2D eigenvalue weighted by Gasteiger charge is 2.47. The average molecular weight is 807 g/mol. The van der Waals surface area contributed by atoms with Crippen LogP contribution in [0.1, 0.15) is 22.3 Å². The minimum Gasteiger partial charge on any atom is -0.309 e. The van der Waals surface area contributed by atoms with E-state index in [0.717, 1.165) is 20.3 Å². The molecule has 0 amide bonds. The Morgan fingerprint density at radius 2 is 0.736 bits per heavy atom. The monoisotopic (exact) mass is 804 g/mol. The zero-order valence-corrected chi connectivity index (χ0v) is 31.6. The molecule has 2 heterocycles. The Morgan fingerprint density at radius 3 is 1.19 bits per heavy atom. The average Bonchev–Trinajstić information content (AvgIpc) is 3.81. The van der Waals surface area contributed by atoms with Crippen LogP contribution >= 0.6 is 31.9 Å². The van der Waals surface area contributed by atoms with Gasteiger partial charge in [0, 0.05) is 41.9 Å². The van der Waals surface area contributed by atoms with Crippen molar-refractivity contribution < 1.29 is 0 Å². The standard InChI is InChI=1S/C49H30Br2N2/c50-33-21-25-37-38-26-22-34(51)30-44(38)49(43(37)29-33,31-19-23-41-39-15-7-9-17-45(39)52(47(41)27-31)35-11-3-1-4-12-35)32-20-24-42-40-16-8-10-18-46(40)53(48(42)28-32)36-13-5-2-6-14-36/h1-30H. The van der Waals surface area contributed by atoms with Gasteiger partial charge in [-0.15, -0.1) is 0 Å². The summed E-state index contributed by atoms with van der Waals surface area (Å²) in [6.07, 6.45) is 0. The van der Waals surface area contributed by atoms with Gasteiger partial charge in [0.15, 0.2) is 0 Å². The number of halogens is 2. The maximum atomic E-state index is 3.91. The molecule has 0 saturated heterocycles. The summed E-state index contributed by atoms with van der Waals surface area (Å²) >= 11 is 7.83. The van der Waals surface area contributed by atoms with Crippen LogP contribution in [-0.4, -0.2) is 9.13 Å². The van der Waals surface area contributed by atoms with Crippen molar-refractivity contribution in [3.05, 3.63) is 213 Å². The van der Waals surface area contributed by atoms with Crippen LogP contribution in [0.5, 0.6) is 0 Å². The van der Waals surface area contributed by atoms with Gasteiger partial charge in [-0.2, -0.15) is 0 Å². The van der Waals surface area contributed by atoms with Crippen LogP contribution in [0.15, 0.2) is 191 Å². The molecule has 2 aromatic heterocycles. The maximum Gasteiger partial charge on any atom is 0.0715 e. The molecule has 53 heavy (non-hydrogen) atoms. The molecule has 1 aliphatic carbocycles. The fourth-order valence-corrected chi connectivity index (χ4v) is 9.90. The molecule has 250 valence electrons. The number of aromatic nitrogens is 2. The van der Waals surface area contributed by atoms with E-state index in [1.807, 2.05) is 0 Å². The highest BCUT2D eigenvalue weighted by Crippen LogP contribution is 2.58. The van der Waals surface area contributed by atoms with E-state index >= 15 is 0 Å². The zero-order chi connectivity index (χ0) is 35.3. The van der Waals surface area contributed by atoms with Gasteiger partial charge in [-0.05, 0) is 106 Å². The van der Waals surface area contributed by atoms with Gasteiger partial charge in [-0.3, -0.25) is 0 Å². The van der Waals surface area contributed by atoms with Crippen molar-refractivity contribution in [2.75, 3.05) is 0 Å². The first-order valence-corrected chi connectivity index (χ1v) is 19.5. The van der Waals surface area contributed by atoms with Crippen LogP contribution < -0.4 is 0 Å². The smallest absolute Gasteiger partial charge is 0.0715 e. The second-order valence-electron chi connectivity index (χ2n) is 14.0. The number of nitrogens with zero attached hydrogens (tertiary/aromatic N) is 2. The minimum atomic E-state index is -0.628. The molecule has 0 fully saturated rings. The SMILES string of the molecule is Brc1ccc2c(c1)C(c1ccc3c4ccccc4n(-c4ccccc4)c3c1)(c1ccc3c4ccccc4n(-c4ccccc4)c3c1)c1cc(Br)ccc1-2. The first kappa shape index (κ1) is 30.9. The van der Waals surface area contributed by atoms with E-state index in [9.17, 15) is 0 Å². The third-order valence-electron chi connectivity index (χ3n) is 11.3. The van der Waals surface area contributed by atoms with Gasteiger partial charge in [0.25, 0.3) is 0 Å². The molecule has 0 aliphatic heterocycles. The topological polar surface area (TPSA) is 9.86 Å². The third kappa shape index (κ3) is 4.37. The van der Waals surface area contributed by atoms with Crippen LogP contribution in [0.2, 0.25) is 0 Å². The normalized spacial score (nSPS) is 13.2. The molecule has 10 aromatic rings. The largest absolute Gasteiger partial charge is 0.309 e. The van der Waals surface area contributed by atoms with Crippen molar-refractivity contribution in [3.8, 4) is 22.5 Å². The van der Waals surface area contributed by atoms with Gasteiger partial charge >= 0.3 is 0 Å². The molecule has 0 unspecified atom stereocenters. The van der Waals surface area contributed by atoms with E-state index in [0.29, 0.717) is 0 Å². The number of benzene rings is 8. The summed E-state index contributed by atoms with van der Waals surface area (Å²) in [5.74, 6) is 0. The molecule has 2 nitrogen and oxygen atoms in total. The van der Waals surface area contributed by atoms with E-state index in [1.165, 1.54) is 77.0 Å². The Bertz CT molecular complexity index is 2870. The molecule has 0 N–H and O–H groups in total. The molecule has 4 heteroatoms. The Hall–Kier alpha value is -5.68. The number of fused-ring (bicyclic) bond motifs is 9. The van der Waals surface area contributed by atoms with Crippen molar-refractivity contribution in [2.24, 2.45) is 0 Å². The fraction of sp³-hybridized carbons (Fsp3) is 0.0204. The van der Waals surface area contributed by atoms with Crippen LogP contribution in [0.25, 0.3) is 66.1 Å².